The smallest absolute Gasteiger partial charge is 0.0701 e. The zero-order chi connectivity index (χ0) is 11.1. The number of ether oxygens (including phenoxy) is 2. The van der Waals surface area contributed by atoms with Crippen LogP contribution in [-0.4, -0.2) is 34.0 Å². The van der Waals surface area contributed by atoms with Crippen LogP contribution in [-0.2, 0) is 9.47 Å². The highest BCUT2D eigenvalue weighted by Crippen LogP contribution is 2.23. The van der Waals surface area contributed by atoms with E-state index in [1.54, 1.807) is 18.4 Å². The summed E-state index contributed by atoms with van der Waals surface area (Å²) >= 11 is 1.77. The second kappa shape index (κ2) is 6.95. The van der Waals surface area contributed by atoms with E-state index in [0.29, 0.717) is 25.9 Å². The van der Waals surface area contributed by atoms with Gasteiger partial charge in [0.25, 0.3) is 0 Å². The molecule has 1 unspecified atom stereocenters. The Hall–Kier alpha value is -0.420. The molecule has 1 heterocycles. The number of thiophene rings is 1. The summed E-state index contributed by atoms with van der Waals surface area (Å²) in [4.78, 5) is 1.36. The van der Waals surface area contributed by atoms with Gasteiger partial charge in [-0.2, -0.15) is 0 Å². The third kappa shape index (κ3) is 3.91. The van der Waals surface area contributed by atoms with Gasteiger partial charge in [0.15, 0.2) is 0 Å². The first kappa shape index (κ1) is 12.6. The molecule has 0 aromatic carbocycles. The maximum absolute atomic E-state index is 5.53. The molecule has 86 valence electrons. The minimum atomic E-state index is 0.293. The van der Waals surface area contributed by atoms with Crippen molar-refractivity contribution in [1.29, 1.82) is 0 Å². The molecule has 3 nitrogen and oxygen atoms in total. The third-order valence-corrected chi connectivity index (χ3v) is 3.42. The van der Waals surface area contributed by atoms with Crippen molar-refractivity contribution in [1.82, 2.24) is 5.32 Å². The van der Waals surface area contributed by atoms with Crippen LogP contribution in [0.5, 0.6) is 0 Å². The van der Waals surface area contributed by atoms with E-state index in [0.717, 1.165) is 0 Å². The van der Waals surface area contributed by atoms with Crippen LogP contribution in [0.2, 0.25) is 0 Å². The molecule has 0 saturated heterocycles. The quantitative estimate of drug-likeness (QED) is 0.725. The Balaban J connectivity index is 2.39. The van der Waals surface area contributed by atoms with E-state index in [1.165, 1.54) is 10.4 Å². The molecule has 0 fully saturated rings. The summed E-state index contributed by atoms with van der Waals surface area (Å²) in [7, 11) is 3.64. The van der Waals surface area contributed by atoms with Gasteiger partial charge in [-0.3, -0.25) is 0 Å². The Morgan fingerprint density at radius 1 is 1.47 bits per heavy atom. The molecule has 0 spiro atoms. The van der Waals surface area contributed by atoms with Gasteiger partial charge in [0, 0.05) is 12.0 Å². The van der Waals surface area contributed by atoms with Crippen LogP contribution in [0.4, 0.5) is 0 Å². The molecule has 1 atom stereocenters. The van der Waals surface area contributed by atoms with Gasteiger partial charge in [-0.05, 0) is 31.0 Å². The summed E-state index contributed by atoms with van der Waals surface area (Å²) in [5.41, 5.74) is 1.33. The lowest BCUT2D eigenvalue weighted by Gasteiger charge is -2.15. The monoisotopic (exact) mass is 229 g/mol. The number of likely N-dealkylation sites (N-methyl/N-ethyl adjacent to an activating group) is 1. The third-order valence-electron chi connectivity index (χ3n) is 2.28. The Labute approximate surface area is 95.4 Å². The van der Waals surface area contributed by atoms with Crippen LogP contribution >= 0.6 is 11.3 Å². The number of hydrogen-bond acceptors (Lipinski definition) is 4. The van der Waals surface area contributed by atoms with E-state index in [1.807, 2.05) is 7.05 Å². The van der Waals surface area contributed by atoms with Crippen LogP contribution in [0.3, 0.4) is 0 Å². The SMILES string of the molecule is CNC(COCCOC)c1sccc1C. The molecule has 0 aliphatic rings. The molecule has 0 aliphatic heterocycles. The van der Waals surface area contributed by atoms with Crippen molar-refractivity contribution in [2.24, 2.45) is 0 Å². The van der Waals surface area contributed by atoms with Crippen molar-refractivity contribution < 1.29 is 9.47 Å². The summed E-state index contributed by atoms with van der Waals surface area (Å²) in [5, 5.41) is 5.38. The summed E-state index contributed by atoms with van der Waals surface area (Å²) in [6, 6.07) is 2.43. The Morgan fingerprint density at radius 3 is 2.80 bits per heavy atom. The first-order valence-corrected chi connectivity index (χ1v) is 5.95. The lowest BCUT2D eigenvalue weighted by Crippen LogP contribution is -2.22. The molecule has 0 aliphatic carbocycles. The van der Waals surface area contributed by atoms with Crippen molar-refractivity contribution in [2.45, 2.75) is 13.0 Å². The summed E-state index contributed by atoms with van der Waals surface area (Å²) in [5.74, 6) is 0. The summed E-state index contributed by atoms with van der Waals surface area (Å²) in [6.45, 7) is 4.13. The van der Waals surface area contributed by atoms with E-state index in [-0.39, 0.29) is 0 Å². The molecule has 1 aromatic rings. The second-order valence-corrected chi connectivity index (χ2v) is 4.32. The first-order valence-electron chi connectivity index (χ1n) is 5.07. The largest absolute Gasteiger partial charge is 0.382 e. The first-order chi connectivity index (χ1) is 7.29. The predicted octanol–water partition coefficient (Wildman–Crippen LogP) is 1.98. The molecular weight excluding hydrogens is 210 g/mol. The summed E-state index contributed by atoms with van der Waals surface area (Å²) < 4.78 is 10.5. The van der Waals surface area contributed by atoms with Crippen molar-refractivity contribution in [3.63, 3.8) is 0 Å². The van der Waals surface area contributed by atoms with Gasteiger partial charge in [-0.25, -0.2) is 0 Å². The van der Waals surface area contributed by atoms with Gasteiger partial charge in [-0.1, -0.05) is 0 Å². The van der Waals surface area contributed by atoms with E-state index in [2.05, 4.69) is 23.7 Å². The van der Waals surface area contributed by atoms with Gasteiger partial charge in [0.1, 0.15) is 0 Å². The molecule has 0 amide bonds. The van der Waals surface area contributed by atoms with E-state index in [4.69, 9.17) is 9.47 Å². The van der Waals surface area contributed by atoms with Gasteiger partial charge in [0.2, 0.25) is 0 Å². The minimum Gasteiger partial charge on any atom is -0.382 e. The number of rotatable bonds is 7. The number of aryl methyl sites for hydroxylation is 1. The van der Waals surface area contributed by atoms with Gasteiger partial charge >= 0.3 is 0 Å². The standard InChI is InChI=1S/C11H19NO2S/c1-9-4-7-15-11(9)10(12-2)8-14-6-5-13-3/h4,7,10,12H,5-6,8H2,1-3H3. The topological polar surface area (TPSA) is 30.5 Å². The highest BCUT2D eigenvalue weighted by molar-refractivity contribution is 7.10. The molecule has 1 rings (SSSR count). The number of nitrogens with one attached hydrogen (secondary N) is 1. The molecule has 1 aromatic heterocycles. The van der Waals surface area contributed by atoms with Crippen molar-refractivity contribution in [3.05, 3.63) is 21.9 Å². The zero-order valence-corrected chi connectivity index (χ0v) is 10.4. The van der Waals surface area contributed by atoms with Crippen molar-refractivity contribution >= 4 is 11.3 Å². The Bertz CT molecular complexity index is 275. The Morgan fingerprint density at radius 2 is 2.27 bits per heavy atom. The van der Waals surface area contributed by atoms with Crippen molar-refractivity contribution in [3.8, 4) is 0 Å². The van der Waals surface area contributed by atoms with E-state index in [9.17, 15) is 0 Å². The minimum absolute atomic E-state index is 0.293. The van der Waals surface area contributed by atoms with Gasteiger partial charge in [0.05, 0.1) is 25.9 Å². The Kier molecular flexibility index (Phi) is 5.86. The predicted molar refractivity (Wildman–Crippen MR) is 63.6 cm³/mol. The molecular formula is C11H19NO2S. The highest BCUT2D eigenvalue weighted by Gasteiger charge is 2.12. The van der Waals surface area contributed by atoms with Crippen LogP contribution < -0.4 is 5.32 Å². The number of methoxy groups -OCH3 is 1. The molecule has 15 heavy (non-hydrogen) atoms. The molecule has 0 saturated carbocycles. The molecule has 0 radical (unpaired) electrons. The lowest BCUT2D eigenvalue weighted by atomic mass is 10.2. The molecule has 0 bridgehead atoms. The fraction of sp³-hybridized carbons (Fsp3) is 0.636. The molecule has 4 heteroatoms. The lowest BCUT2D eigenvalue weighted by molar-refractivity contribution is 0.0600. The van der Waals surface area contributed by atoms with Crippen LogP contribution in [0.15, 0.2) is 11.4 Å². The maximum Gasteiger partial charge on any atom is 0.0701 e. The highest BCUT2D eigenvalue weighted by atomic mass is 32.1. The summed E-state index contributed by atoms with van der Waals surface area (Å²) in [6.07, 6.45) is 0. The van der Waals surface area contributed by atoms with Crippen LogP contribution in [0.1, 0.15) is 16.5 Å². The van der Waals surface area contributed by atoms with Crippen LogP contribution in [0.25, 0.3) is 0 Å². The second-order valence-electron chi connectivity index (χ2n) is 3.38. The maximum atomic E-state index is 5.53. The fourth-order valence-electron chi connectivity index (χ4n) is 1.37. The van der Waals surface area contributed by atoms with Crippen LogP contribution in [0, 0.1) is 6.92 Å². The van der Waals surface area contributed by atoms with Gasteiger partial charge < -0.3 is 14.8 Å². The normalized spacial score (nSPS) is 13.0. The van der Waals surface area contributed by atoms with Gasteiger partial charge in [-0.15, -0.1) is 11.3 Å². The van der Waals surface area contributed by atoms with Crippen molar-refractivity contribution in [2.75, 3.05) is 34.0 Å². The van der Waals surface area contributed by atoms with E-state index < -0.39 is 0 Å². The van der Waals surface area contributed by atoms with E-state index >= 15 is 0 Å². The fourth-order valence-corrected chi connectivity index (χ4v) is 2.40. The average molecular weight is 229 g/mol. The number of hydrogen-bond donors (Lipinski definition) is 1. The zero-order valence-electron chi connectivity index (χ0n) is 9.58. The molecule has 1 N–H and O–H groups in total. The average Bonchev–Trinajstić information content (AvgIpc) is 2.65.